The van der Waals surface area contributed by atoms with E-state index in [1.165, 1.54) is 12.1 Å². The maximum atomic E-state index is 13.1. The van der Waals surface area contributed by atoms with E-state index in [4.69, 9.17) is 17.3 Å². The topological polar surface area (TPSA) is 50.4 Å². The number of nitrogens with one attached hydrogen (secondary N) is 1. The Kier molecular flexibility index (Phi) is 5.18. The molecule has 0 bridgehead atoms. The van der Waals surface area contributed by atoms with Crippen LogP contribution in [0.4, 0.5) is 4.39 Å². The Labute approximate surface area is 119 Å². The SMILES string of the molecule is CC(C)NC(N)=NCC(C)(C)c1ccc(F)cc1Cl. The summed E-state index contributed by atoms with van der Waals surface area (Å²) in [7, 11) is 0. The summed E-state index contributed by atoms with van der Waals surface area (Å²) in [5, 5.41) is 3.44. The maximum Gasteiger partial charge on any atom is 0.188 e. The first kappa shape index (κ1) is 15.8. The molecule has 0 spiro atoms. The van der Waals surface area contributed by atoms with Crippen LogP contribution in [0.15, 0.2) is 23.2 Å². The van der Waals surface area contributed by atoms with E-state index in [0.29, 0.717) is 17.5 Å². The maximum absolute atomic E-state index is 13.1. The minimum atomic E-state index is -0.339. The van der Waals surface area contributed by atoms with Gasteiger partial charge in [0.15, 0.2) is 5.96 Å². The monoisotopic (exact) mass is 285 g/mol. The smallest absolute Gasteiger partial charge is 0.188 e. The minimum absolute atomic E-state index is 0.237. The molecular formula is C14H21ClFN3. The molecule has 3 nitrogen and oxygen atoms in total. The molecule has 1 aromatic carbocycles. The van der Waals surface area contributed by atoms with Crippen LogP contribution in [-0.2, 0) is 5.41 Å². The first-order valence-corrected chi connectivity index (χ1v) is 6.62. The summed E-state index contributed by atoms with van der Waals surface area (Å²) >= 11 is 6.08. The van der Waals surface area contributed by atoms with Crippen LogP contribution in [0, 0.1) is 5.82 Å². The number of nitrogens with two attached hydrogens (primary N) is 1. The summed E-state index contributed by atoms with van der Waals surface area (Å²) in [5.41, 5.74) is 6.31. The first-order chi connectivity index (χ1) is 8.72. The van der Waals surface area contributed by atoms with Crippen molar-refractivity contribution in [1.82, 2.24) is 5.32 Å². The molecule has 0 atom stereocenters. The molecule has 0 fully saturated rings. The second kappa shape index (κ2) is 6.24. The van der Waals surface area contributed by atoms with Gasteiger partial charge in [-0.1, -0.05) is 31.5 Å². The summed E-state index contributed by atoms with van der Waals surface area (Å²) in [4.78, 5) is 4.31. The van der Waals surface area contributed by atoms with Crippen LogP contribution in [-0.4, -0.2) is 18.5 Å². The third-order valence-corrected chi connectivity index (χ3v) is 3.05. The molecular weight excluding hydrogens is 265 g/mol. The number of hydrogen-bond donors (Lipinski definition) is 2. The Morgan fingerprint density at radius 1 is 1.47 bits per heavy atom. The van der Waals surface area contributed by atoms with Crippen molar-refractivity contribution in [2.45, 2.75) is 39.2 Å². The van der Waals surface area contributed by atoms with Crippen molar-refractivity contribution in [1.29, 1.82) is 0 Å². The van der Waals surface area contributed by atoms with Gasteiger partial charge in [0.25, 0.3) is 0 Å². The lowest BCUT2D eigenvalue weighted by atomic mass is 9.84. The molecule has 0 amide bonds. The number of guanidine groups is 1. The number of benzene rings is 1. The van der Waals surface area contributed by atoms with E-state index >= 15 is 0 Å². The molecule has 3 N–H and O–H groups in total. The molecule has 19 heavy (non-hydrogen) atoms. The molecule has 0 saturated carbocycles. The molecule has 0 aliphatic heterocycles. The molecule has 0 radical (unpaired) electrons. The average molecular weight is 286 g/mol. The molecule has 0 heterocycles. The van der Waals surface area contributed by atoms with E-state index in [9.17, 15) is 4.39 Å². The van der Waals surface area contributed by atoms with Gasteiger partial charge in [0, 0.05) is 16.5 Å². The average Bonchev–Trinajstić information content (AvgIpc) is 2.25. The lowest BCUT2D eigenvalue weighted by Crippen LogP contribution is -2.38. The molecule has 1 aromatic rings. The van der Waals surface area contributed by atoms with Gasteiger partial charge in [-0.25, -0.2) is 4.39 Å². The van der Waals surface area contributed by atoms with Gasteiger partial charge in [0.1, 0.15) is 5.82 Å². The van der Waals surface area contributed by atoms with E-state index in [1.54, 1.807) is 6.07 Å². The van der Waals surface area contributed by atoms with Crippen LogP contribution >= 0.6 is 11.6 Å². The van der Waals surface area contributed by atoms with Gasteiger partial charge in [-0.2, -0.15) is 0 Å². The van der Waals surface area contributed by atoms with Crippen molar-refractivity contribution in [3.05, 3.63) is 34.6 Å². The molecule has 0 aliphatic rings. The van der Waals surface area contributed by atoms with E-state index in [1.807, 2.05) is 27.7 Å². The van der Waals surface area contributed by atoms with Gasteiger partial charge >= 0.3 is 0 Å². The van der Waals surface area contributed by atoms with Crippen LogP contribution in [0.25, 0.3) is 0 Å². The lowest BCUT2D eigenvalue weighted by Gasteiger charge is -2.24. The summed E-state index contributed by atoms with van der Waals surface area (Å²) < 4.78 is 13.1. The minimum Gasteiger partial charge on any atom is -0.370 e. The molecule has 5 heteroatoms. The van der Waals surface area contributed by atoms with Crippen LogP contribution in [0.2, 0.25) is 5.02 Å². The van der Waals surface area contributed by atoms with E-state index in [0.717, 1.165) is 5.56 Å². The van der Waals surface area contributed by atoms with Gasteiger partial charge in [0.05, 0.1) is 6.54 Å². The summed E-state index contributed by atoms with van der Waals surface area (Å²) in [6.45, 7) is 8.45. The molecule has 0 saturated heterocycles. The first-order valence-electron chi connectivity index (χ1n) is 6.24. The fourth-order valence-electron chi connectivity index (χ4n) is 1.75. The number of rotatable bonds is 4. The molecule has 0 unspecified atom stereocenters. The van der Waals surface area contributed by atoms with Crippen molar-refractivity contribution in [3.8, 4) is 0 Å². The number of halogens is 2. The predicted octanol–water partition coefficient (Wildman–Crippen LogP) is 3.07. The van der Waals surface area contributed by atoms with E-state index in [-0.39, 0.29) is 17.3 Å². The summed E-state index contributed by atoms with van der Waals surface area (Å²) in [6, 6.07) is 4.65. The molecule has 0 aliphatic carbocycles. The predicted molar refractivity (Wildman–Crippen MR) is 79.2 cm³/mol. The molecule has 1 rings (SSSR count). The van der Waals surface area contributed by atoms with Gasteiger partial charge < -0.3 is 11.1 Å². The van der Waals surface area contributed by atoms with Crippen molar-refractivity contribution in [2.75, 3.05) is 6.54 Å². The zero-order valence-electron chi connectivity index (χ0n) is 11.8. The number of nitrogens with zero attached hydrogens (tertiary/aromatic N) is 1. The fourth-order valence-corrected chi connectivity index (χ4v) is 2.17. The highest BCUT2D eigenvalue weighted by atomic mass is 35.5. The van der Waals surface area contributed by atoms with Crippen molar-refractivity contribution in [2.24, 2.45) is 10.7 Å². The highest BCUT2D eigenvalue weighted by Crippen LogP contribution is 2.30. The third-order valence-electron chi connectivity index (χ3n) is 2.74. The highest BCUT2D eigenvalue weighted by molar-refractivity contribution is 6.31. The Balaban J connectivity index is 2.86. The van der Waals surface area contributed by atoms with Crippen LogP contribution in [0.5, 0.6) is 0 Å². The highest BCUT2D eigenvalue weighted by Gasteiger charge is 2.23. The summed E-state index contributed by atoms with van der Waals surface area (Å²) in [6.07, 6.45) is 0. The van der Waals surface area contributed by atoms with Crippen LogP contribution in [0.3, 0.4) is 0 Å². The Morgan fingerprint density at radius 3 is 2.63 bits per heavy atom. The van der Waals surface area contributed by atoms with Crippen LogP contribution < -0.4 is 11.1 Å². The van der Waals surface area contributed by atoms with Crippen molar-refractivity contribution < 1.29 is 4.39 Å². The van der Waals surface area contributed by atoms with Crippen molar-refractivity contribution in [3.63, 3.8) is 0 Å². The van der Waals surface area contributed by atoms with E-state index in [2.05, 4.69) is 10.3 Å². The van der Waals surface area contributed by atoms with Gasteiger partial charge in [-0.3, -0.25) is 4.99 Å². The van der Waals surface area contributed by atoms with E-state index < -0.39 is 0 Å². The van der Waals surface area contributed by atoms with Gasteiger partial charge in [0.2, 0.25) is 0 Å². The summed E-state index contributed by atoms with van der Waals surface area (Å²) in [5.74, 6) is 0.0651. The fraction of sp³-hybridized carbons (Fsp3) is 0.500. The Hall–Kier alpha value is -1.29. The van der Waals surface area contributed by atoms with Gasteiger partial charge in [-0.05, 0) is 31.5 Å². The molecule has 106 valence electrons. The van der Waals surface area contributed by atoms with Crippen LogP contribution in [0.1, 0.15) is 33.3 Å². The Morgan fingerprint density at radius 2 is 2.11 bits per heavy atom. The standard InChI is InChI=1S/C14H21ClFN3/c1-9(2)19-13(17)18-8-14(3,4)11-6-5-10(16)7-12(11)15/h5-7,9H,8H2,1-4H3,(H3,17,18,19). The number of hydrogen-bond acceptors (Lipinski definition) is 1. The second-order valence-electron chi connectivity index (χ2n) is 5.51. The second-order valence-corrected chi connectivity index (χ2v) is 5.92. The Bertz CT molecular complexity index is 470. The van der Waals surface area contributed by atoms with Crippen molar-refractivity contribution >= 4 is 17.6 Å². The van der Waals surface area contributed by atoms with Gasteiger partial charge in [-0.15, -0.1) is 0 Å². The normalized spacial score (nSPS) is 12.9. The largest absolute Gasteiger partial charge is 0.370 e. The zero-order valence-corrected chi connectivity index (χ0v) is 12.6. The quantitative estimate of drug-likeness (QED) is 0.660. The molecule has 0 aromatic heterocycles. The number of aliphatic imine (C=N–C) groups is 1. The third kappa shape index (κ3) is 4.71. The lowest BCUT2D eigenvalue weighted by molar-refractivity contribution is 0.535. The zero-order chi connectivity index (χ0) is 14.6.